The molecule has 1 saturated heterocycles. The van der Waals surface area contributed by atoms with Crippen LogP contribution in [0, 0.1) is 18.7 Å². The van der Waals surface area contributed by atoms with Crippen LogP contribution in [-0.4, -0.2) is 53.8 Å². The first-order valence-electron chi connectivity index (χ1n) is 14.5. The number of methoxy groups -OCH3 is 1. The van der Waals surface area contributed by atoms with Crippen molar-refractivity contribution in [3.05, 3.63) is 63.2 Å². The third-order valence-corrected chi connectivity index (χ3v) is 8.08. The molecule has 1 fully saturated rings. The van der Waals surface area contributed by atoms with E-state index in [1.807, 2.05) is 6.92 Å². The van der Waals surface area contributed by atoms with Gasteiger partial charge in [-0.15, -0.1) is 13.2 Å². The molecule has 1 aliphatic rings. The maximum absolute atomic E-state index is 15.9. The number of carboxylic acid groups (broad SMARTS) is 1. The first-order chi connectivity index (χ1) is 21.9. The number of carboxylic acids is 1. The van der Waals surface area contributed by atoms with Gasteiger partial charge in [0.05, 0.1) is 18.0 Å². The number of nitrogens with one attached hydrogen (secondary N) is 1. The smallest absolute Gasteiger partial charge is 0.492 e. The van der Waals surface area contributed by atoms with Gasteiger partial charge in [-0.25, -0.2) is 4.39 Å². The molecule has 2 heterocycles. The summed E-state index contributed by atoms with van der Waals surface area (Å²) >= 11 is 0. The van der Waals surface area contributed by atoms with Gasteiger partial charge in [-0.3, -0.25) is 14.4 Å². The standard InChI is InChI=1S/C31H32F7N3O6/c1-4-19-10-17(11-24(42)43)7-8-41(19)26-23(32)12-21-25(28(26)46-3)40(15-30(33,34)35)14-22(27(21)44)29(45)39-13-18-5-6-20(9-16(18)2)47-31(36,37)38/h5-6,9,12,14,17,19H,4,7-8,10-11,13,15H2,1-3H3,(H,39,45)(H,42,43). The molecule has 3 aromatic rings. The Morgan fingerprint density at radius 1 is 1.13 bits per heavy atom. The number of benzene rings is 2. The van der Waals surface area contributed by atoms with Crippen molar-refractivity contribution in [1.29, 1.82) is 0 Å². The number of amides is 1. The molecule has 2 N–H and O–H groups in total. The molecule has 16 heteroatoms. The van der Waals surface area contributed by atoms with E-state index in [0.717, 1.165) is 25.3 Å². The lowest BCUT2D eigenvalue weighted by Crippen LogP contribution is -2.43. The Labute approximate surface area is 263 Å². The van der Waals surface area contributed by atoms with Crippen molar-refractivity contribution < 1.29 is 54.9 Å². The largest absolute Gasteiger partial charge is 0.573 e. The number of alkyl halides is 6. The zero-order chi connectivity index (χ0) is 34.8. The quantitative estimate of drug-likeness (QED) is 0.242. The minimum atomic E-state index is -4.92. The summed E-state index contributed by atoms with van der Waals surface area (Å²) in [6.07, 6.45) is -7.92. The number of rotatable bonds is 10. The van der Waals surface area contributed by atoms with Crippen LogP contribution < -0.4 is 25.1 Å². The number of pyridine rings is 1. The van der Waals surface area contributed by atoms with Crippen LogP contribution in [0.5, 0.6) is 11.5 Å². The molecule has 1 aliphatic heterocycles. The van der Waals surface area contributed by atoms with Gasteiger partial charge in [0.15, 0.2) is 11.6 Å². The van der Waals surface area contributed by atoms with E-state index < -0.39 is 58.9 Å². The normalized spacial score (nSPS) is 17.1. The van der Waals surface area contributed by atoms with Crippen molar-refractivity contribution in [2.24, 2.45) is 5.92 Å². The highest BCUT2D eigenvalue weighted by Crippen LogP contribution is 2.43. The van der Waals surface area contributed by atoms with Gasteiger partial charge in [0.2, 0.25) is 5.43 Å². The lowest BCUT2D eigenvalue weighted by molar-refractivity contribution is -0.274. The second-order valence-corrected chi connectivity index (χ2v) is 11.3. The Morgan fingerprint density at radius 3 is 2.40 bits per heavy atom. The van der Waals surface area contributed by atoms with Gasteiger partial charge < -0.3 is 29.4 Å². The number of halogens is 7. The number of nitrogens with zero attached hydrogens (tertiary/aromatic N) is 2. The van der Waals surface area contributed by atoms with E-state index in [1.54, 1.807) is 4.90 Å². The lowest BCUT2D eigenvalue weighted by atomic mass is 9.86. The molecule has 47 heavy (non-hydrogen) atoms. The first kappa shape index (κ1) is 35.4. The Bertz CT molecular complexity index is 1720. The molecule has 1 aromatic heterocycles. The number of fused-ring (bicyclic) bond motifs is 1. The van der Waals surface area contributed by atoms with Gasteiger partial charge in [-0.2, -0.15) is 13.2 Å². The molecule has 9 nitrogen and oxygen atoms in total. The Hall–Kier alpha value is -4.50. The van der Waals surface area contributed by atoms with Gasteiger partial charge in [0.1, 0.15) is 23.5 Å². The van der Waals surface area contributed by atoms with Crippen molar-refractivity contribution in [2.45, 2.75) is 71.2 Å². The van der Waals surface area contributed by atoms with E-state index in [-0.39, 0.29) is 54.0 Å². The number of aryl methyl sites for hydroxylation is 1. The number of piperidine rings is 1. The van der Waals surface area contributed by atoms with E-state index in [4.69, 9.17) is 4.74 Å². The first-order valence-corrected chi connectivity index (χ1v) is 14.5. The van der Waals surface area contributed by atoms with Gasteiger partial charge >= 0.3 is 18.5 Å². The topological polar surface area (TPSA) is 110 Å². The maximum atomic E-state index is 15.9. The van der Waals surface area contributed by atoms with Crippen LogP contribution in [0.15, 0.2) is 35.3 Å². The molecular weight excluding hydrogens is 643 g/mol. The monoisotopic (exact) mass is 675 g/mol. The van der Waals surface area contributed by atoms with Crippen molar-refractivity contribution in [1.82, 2.24) is 9.88 Å². The molecule has 0 spiro atoms. The molecule has 2 aromatic carbocycles. The fourth-order valence-corrected chi connectivity index (χ4v) is 6.01. The minimum Gasteiger partial charge on any atom is -0.492 e. The number of ether oxygens (including phenoxy) is 2. The van der Waals surface area contributed by atoms with Crippen LogP contribution in [0.25, 0.3) is 10.9 Å². The van der Waals surface area contributed by atoms with Crippen LogP contribution in [0.3, 0.4) is 0 Å². The van der Waals surface area contributed by atoms with Crippen LogP contribution in [-0.2, 0) is 17.9 Å². The van der Waals surface area contributed by atoms with E-state index in [9.17, 15) is 45.8 Å². The van der Waals surface area contributed by atoms with E-state index >= 15 is 4.39 Å². The summed E-state index contributed by atoms with van der Waals surface area (Å²) in [5, 5.41) is 11.1. The SMILES string of the molecule is CCC1CC(CC(=O)O)CCN1c1c(F)cc2c(=O)c(C(=O)NCc3ccc(OC(F)(F)F)cc3C)cn(CC(F)(F)F)c2c1OC. The predicted octanol–water partition coefficient (Wildman–Crippen LogP) is 6.32. The molecule has 256 valence electrons. The third-order valence-electron chi connectivity index (χ3n) is 8.08. The average molecular weight is 676 g/mol. The molecular formula is C31H32F7N3O6. The second-order valence-electron chi connectivity index (χ2n) is 11.3. The molecule has 0 radical (unpaired) electrons. The van der Waals surface area contributed by atoms with Crippen molar-refractivity contribution in [2.75, 3.05) is 18.6 Å². The summed E-state index contributed by atoms with van der Waals surface area (Å²) in [7, 11) is 1.12. The Kier molecular flexibility index (Phi) is 10.3. The van der Waals surface area contributed by atoms with Crippen molar-refractivity contribution in [3.63, 3.8) is 0 Å². The highest BCUT2D eigenvalue weighted by atomic mass is 19.4. The van der Waals surface area contributed by atoms with Crippen molar-refractivity contribution >= 4 is 28.5 Å². The second kappa shape index (κ2) is 13.7. The zero-order valence-electron chi connectivity index (χ0n) is 25.5. The van der Waals surface area contributed by atoms with E-state index in [0.29, 0.717) is 35.6 Å². The number of aromatic nitrogens is 1. The van der Waals surface area contributed by atoms with Gasteiger partial charge in [-0.1, -0.05) is 13.0 Å². The third kappa shape index (κ3) is 8.27. The molecule has 2 atom stereocenters. The number of aliphatic carboxylic acids is 1. The predicted molar refractivity (Wildman–Crippen MR) is 156 cm³/mol. The molecule has 4 rings (SSSR count). The molecule has 0 bridgehead atoms. The van der Waals surface area contributed by atoms with Crippen LogP contribution >= 0.6 is 0 Å². The number of hydrogen-bond acceptors (Lipinski definition) is 6. The highest BCUT2D eigenvalue weighted by molar-refractivity contribution is 6.00. The van der Waals surface area contributed by atoms with Gasteiger partial charge in [-0.05, 0) is 61.4 Å². The average Bonchev–Trinajstić information content (AvgIpc) is 2.95. The number of carbonyl (C=O) groups excluding carboxylic acids is 1. The fourth-order valence-electron chi connectivity index (χ4n) is 6.01. The number of hydrogen-bond donors (Lipinski definition) is 2. The highest BCUT2D eigenvalue weighted by Gasteiger charge is 2.36. The lowest BCUT2D eigenvalue weighted by Gasteiger charge is -2.41. The van der Waals surface area contributed by atoms with Gasteiger partial charge in [0.25, 0.3) is 5.91 Å². The summed E-state index contributed by atoms with van der Waals surface area (Å²) in [4.78, 5) is 39.6. The molecule has 2 unspecified atom stereocenters. The summed E-state index contributed by atoms with van der Waals surface area (Å²) < 4.78 is 105. The van der Waals surface area contributed by atoms with E-state index in [1.165, 1.54) is 13.0 Å². The Morgan fingerprint density at radius 2 is 1.83 bits per heavy atom. The van der Waals surface area contributed by atoms with Gasteiger partial charge in [0, 0.05) is 31.7 Å². The van der Waals surface area contributed by atoms with Crippen LogP contribution in [0.1, 0.15) is 54.1 Å². The van der Waals surface area contributed by atoms with Crippen molar-refractivity contribution in [3.8, 4) is 11.5 Å². The van der Waals surface area contributed by atoms with Crippen LogP contribution in [0.2, 0.25) is 0 Å². The summed E-state index contributed by atoms with van der Waals surface area (Å²) in [5.41, 5.74) is -1.75. The number of anilines is 1. The molecule has 0 aliphatic carbocycles. The summed E-state index contributed by atoms with van der Waals surface area (Å²) in [6, 6.07) is 3.72. The summed E-state index contributed by atoms with van der Waals surface area (Å²) in [6.45, 7) is 1.47. The fraction of sp³-hybridized carbons (Fsp3) is 0.452. The molecule has 0 saturated carbocycles. The minimum absolute atomic E-state index is 0.0883. The van der Waals surface area contributed by atoms with Crippen LogP contribution in [0.4, 0.5) is 36.4 Å². The molecule has 1 amide bonds. The van der Waals surface area contributed by atoms with E-state index in [2.05, 4.69) is 10.1 Å². The maximum Gasteiger partial charge on any atom is 0.573 e. The Balaban J connectivity index is 1.76. The zero-order valence-corrected chi connectivity index (χ0v) is 25.5. The summed E-state index contributed by atoms with van der Waals surface area (Å²) in [5.74, 6) is -4.09. The number of carbonyl (C=O) groups is 2.